The molecule has 0 spiro atoms. The highest BCUT2D eigenvalue weighted by Crippen LogP contribution is 2.38. The zero-order chi connectivity index (χ0) is 18.8. The molecule has 3 amide bonds. The molecule has 0 bridgehead atoms. The SMILES string of the molecule is NC(=O)Nc1ccccc1[C@H](NC(=O)C1CC1)c1ccc(C2CCC2)cc1. The van der Waals surface area contributed by atoms with Gasteiger partial charge in [-0.3, -0.25) is 4.79 Å². The van der Waals surface area contributed by atoms with Gasteiger partial charge < -0.3 is 16.4 Å². The fourth-order valence-corrected chi connectivity index (χ4v) is 3.64. The van der Waals surface area contributed by atoms with Crippen molar-refractivity contribution in [2.75, 3.05) is 5.32 Å². The number of hydrogen-bond donors (Lipinski definition) is 3. The molecule has 2 aliphatic rings. The van der Waals surface area contributed by atoms with Crippen LogP contribution in [0.3, 0.4) is 0 Å². The van der Waals surface area contributed by atoms with Gasteiger partial charge in [-0.25, -0.2) is 4.79 Å². The Hall–Kier alpha value is -2.82. The highest BCUT2D eigenvalue weighted by Gasteiger charge is 2.32. The first-order valence-corrected chi connectivity index (χ1v) is 9.67. The molecule has 1 atom stereocenters. The van der Waals surface area contributed by atoms with Gasteiger partial charge in [-0.05, 0) is 48.8 Å². The van der Waals surface area contributed by atoms with Crippen LogP contribution in [0.4, 0.5) is 10.5 Å². The Morgan fingerprint density at radius 1 is 0.963 bits per heavy atom. The number of nitrogens with two attached hydrogens (primary N) is 1. The van der Waals surface area contributed by atoms with Gasteiger partial charge in [-0.1, -0.05) is 48.9 Å². The van der Waals surface area contributed by atoms with E-state index in [0.717, 1.165) is 24.0 Å². The Balaban J connectivity index is 1.66. The van der Waals surface area contributed by atoms with Crippen molar-refractivity contribution in [3.05, 3.63) is 65.2 Å². The molecule has 2 saturated carbocycles. The van der Waals surface area contributed by atoms with Crippen molar-refractivity contribution in [2.24, 2.45) is 11.7 Å². The maximum Gasteiger partial charge on any atom is 0.316 e. The van der Waals surface area contributed by atoms with Crippen molar-refractivity contribution < 1.29 is 9.59 Å². The number of nitrogens with one attached hydrogen (secondary N) is 2. The summed E-state index contributed by atoms with van der Waals surface area (Å²) >= 11 is 0. The Morgan fingerprint density at radius 3 is 2.26 bits per heavy atom. The van der Waals surface area contributed by atoms with Gasteiger partial charge in [0.25, 0.3) is 0 Å². The van der Waals surface area contributed by atoms with E-state index in [9.17, 15) is 9.59 Å². The summed E-state index contributed by atoms with van der Waals surface area (Å²) in [6.07, 6.45) is 5.71. The van der Waals surface area contributed by atoms with Gasteiger partial charge in [0, 0.05) is 17.2 Å². The molecule has 4 N–H and O–H groups in total. The molecule has 0 radical (unpaired) electrons. The lowest BCUT2D eigenvalue weighted by Crippen LogP contribution is -2.31. The first kappa shape index (κ1) is 17.6. The summed E-state index contributed by atoms with van der Waals surface area (Å²) in [6.45, 7) is 0. The Kier molecular flexibility index (Phi) is 4.84. The van der Waals surface area contributed by atoms with Crippen LogP contribution in [-0.4, -0.2) is 11.9 Å². The molecule has 5 nitrogen and oxygen atoms in total. The van der Waals surface area contributed by atoms with Gasteiger partial charge in [-0.2, -0.15) is 0 Å². The number of rotatable bonds is 6. The zero-order valence-electron chi connectivity index (χ0n) is 15.3. The summed E-state index contributed by atoms with van der Waals surface area (Å²) < 4.78 is 0. The third-order valence-electron chi connectivity index (χ3n) is 5.61. The van der Waals surface area contributed by atoms with Gasteiger partial charge in [0.1, 0.15) is 0 Å². The summed E-state index contributed by atoms with van der Waals surface area (Å²) in [4.78, 5) is 23.9. The number of urea groups is 1. The van der Waals surface area contributed by atoms with Crippen LogP contribution in [0.5, 0.6) is 0 Å². The molecule has 0 saturated heterocycles. The molecule has 0 aromatic heterocycles. The molecule has 2 fully saturated rings. The fourth-order valence-electron chi connectivity index (χ4n) is 3.64. The first-order valence-electron chi connectivity index (χ1n) is 9.67. The Bertz CT molecular complexity index is 839. The van der Waals surface area contributed by atoms with Crippen LogP contribution in [0, 0.1) is 5.92 Å². The Labute approximate surface area is 159 Å². The lowest BCUT2D eigenvalue weighted by atomic mass is 9.79. The summed E-state index contributed by atoms with van der Waals surface area (Å²) in [5.41, 5.74) is 9.15. The number of amides is 3. The van der Waals surface area contributed by atoms with E-state index in [2.05, 4.69) is 34.9 Å². The minimum Gasteiger partial charge on any atom is -0.351 e. The predicted octanol–water partition coefficient (Wildman–Crippen LogP) is 4.06. The normalized spacial score (nSPS) is 17.6. The van der Waals surface area contributed by atoms with E-state index in [4.69, 9.17) is 5.73 Å². The van der Waals surface area contributed by atoms with Crippen molar-refractivity contribution >= 4 is 17.6 Å². The van der Waals surface area contributed by atoms with Crippen molar-refractivity contribution in [1.29, 1.82) is 0 Å². The van der Waals surface area contributed by atoms with E-state index in [1.54, 1.807) is 6.07 Å². The summed E-state index contributed by atoms with van der Waals surface area (Å²) in [7, 11) is 0. The van der Waals surface area contributed by atoms with Gasteiger partial charge >= 0.3 is 6.03 Å². The lowest BCUT2D eigenvalue weighted by Gasteiger charge is -2.27. The number of carbonyl (C=O) groups is 2. The molecular weight excluding hydrogens is 338 g/mol. The molecule has 0 aliphatic heterocycles. The quantitative estimate of drug-likeness (QED) is 0.723. The number of primary amides is 1. The van der Waals surface area contributed by atoms with Crippen LogP contribution in [-0.2, 0) is 4.79 Å². The average molecular weight is 363 g/mol. The maximum atomic E-state index is 12.5. The molecule has 0 heterocycles. The third-order valence-corrected chi connectivity index (χ3v) is 5.61. The van der Waals surface area contributed by atoms with E-state index < -0.39 is 6.03 Å². The monoisotopic (exact) mass is 363 g/mol. The molecular formula is C22H25N3O2. The van der Waals surface area contributed by atoms with Crippen LogP contribution >= 0.6 is 0 Å². The van der Waals surface area contributed by atoms with E-state index in [0.29, 0.717) is 11.6 Å². The number of anilines is 1. The van der Waals surface area contributed by atoms with E-state index >= 15 is 0 Å². The lowest BCUT2D eigenvalue weighted by molar-refractivity contribution is -0.122. The van der Waals surface area contributed by atoms with Crippen LogP contribution in [0.1, 0.15) is 60.8 Å². The van der Waals surface area contributed by atoms with Crippen molar-refractivity contribution in [3.63, 3.8) is 0 Å². The number of para-hydroxylation sites is 1. The second kappa shape index (κ2) is 7.43. The van der Waals surface area contributed by atoms with Crippen molar-refractivity contribution in [2.45, 2.75) is 44.1 Å². The van der Waals surface area contributed by atoms with E-state index in [-0.39, 0.29) is 17.9 Å². The number of carbonyl (C=O) groups excluding carboxylic acids is 2. The van der Waals surface area contributed by atoms with Crippen LogP contribution in [0.2, 0.25) is 0 Å². The minimum absolute atomic E-state index is 0.0666. The zero-order valence-corrected chi connectivity index (χ0v) is 15.3. The second-order valence-electron chi connectivity index (χ2n) is 7.59. The molecule has 2 aromatic carbocycles. The molecule has 27 heavy (non-hydrogen) atoms. The van der Waals surface area contributed by atoms with Crippen molar-refractivity contribution in [3.8, 4) is 0 Å². The molecule has 0 unspecified atom stereocenters. The number of hydrogen-bond acceptors (Lipinski definition) is 2. The van der Waals surface area contributed by atoms with Crippen molar-refractivity contribution in [1.82, 2.24) is 5.32 Å². The van der Waals surface area contributed by atoms with E-state index in [1.807, 2.05) is 18.2 Å². The largest absolute Gasteiger partial charge is 0.351 e. The van der Waals surface area contributed by atoms with Gasteiger partial charge in [0.2, 0.25) is 5.91 Å². The van der Waals surface area contributed by atoms with Gasteiger partial charge in [0.05, 0.1) is 6.04 Å². The standard InChI is InChI=1S/C22H25N3O2/c23-22(27)24-19-7-2-1-6-18(19)20(25-21(26)17-12-13-17)16-10-8-15(9-11-16)14-4-3-5-14/h1-2,6-11,14,17,20H,3-5,12-13H2,(H,25,26)(H3,23,24,27)/t20-/m1/s1. The van der Waals surface area contributed by atoms with Crippen LogP contribution in [0.25, 0.3) is 0 Å². The highest BCUT2D eigenvalue weighted by atomic mass is 16.2. The maximum absolute atomic E-state index is 12.5. The molecule has 2 aromatic rings. The topological polar surface area (TPSA) is 84.2 Å². The highest BCUT2D eigenvalue weighted by molar-refractivity contribution is 5.89. The van der Waals surface area contributed by atoms with Crippen LogP contribution < -0.4 is 16.4 Å². The molecule has 2 aliphatic carbocycles. The predicted molar refractivity (Wildman–Crippen MR) is 105 cm³/mol. The molecule has 140 valence electrons. The Morgan fingerprint density at radius 2 is 1.67 bits per heavy atom. The summed E-state index contributed by atoms with van der Waals surface area (Å²) in [6, 6.07) is 15.0. The van der Waals surface area contributed by atoms with Crippen LogP contribution in [0.15, 0.2) is 48.5 Å². The minimum atomic E-state index is -0.616. The van der Waals surface area contributed by atoms with Gasteiger partial charge in [0.15, 0.2) is 0 Å². The smallest absolute Gasteiger partial charge is 0.316 e. The molecule has 4 rings (SSSR count). The van der Waals surface area contributed by atoms with Gasteiger partial charge in [-0.15, -0.1) is 0 Å². The fraction of sp³-hybridized carbons (Fsp3) is 0.364. The first-order chi connectivity index (χ1) is 13.1. The average Bonchev–Trinajstić information content (AvgIpc) is 3.44. The summed E-state index contributed by atoms with van der Waals surface area (Å²) in [5, 5.41) is 5.85. The third kappa shape index (κ3) is 3.97. The second-order valence-corrected chi connectivity index (χ2v) is 7.59. The molecule has 5 heteroatoms. The number of benzene rings is 2. The van der Waals surface area contributed by atoms with E-state index in [1.165, 1.54) is 24.8 Å². The summed E-state index contributed by atoms with van der Waals surface area (Å²) in [5.74, 6) is 0.845.